The van der Waals surface area contributed by atoms with Crippen molar-refractivity contribution in [3.63, 3.8) is 0 Å². The Balaban J connectivity index is 2.17. The van der Waals surface area contributed by atoms with Crippen LogP contribution in [0.15, 0.2) is 91.0 Å². The number of halogens is 6. The van der Waals surface area contributed by atoms with Gasteiger partial charge in [-0.25, -0.2) is 0 Å². The summed E-state index contributed by atoms with van der Waals surface area (Å²) in [6, 6.07) is 21.9. The molecule has 3 nitrogen and oxygen atoms in total. The van der Waals surface area contributed by atoms with E-state index in [2.05, 4.69) is 0 Å². The minimum Gasteiger partial charge on any atom is -0.320 e. The van der Waals surface area contributed by atoms with Crippen molar-refractivity contribution in [1.29, 1.82) is 5.26 Å². The predicted octanol–water partition coefficient (Wildman–Crippen LogP) is 7.65. The van der Waals surface area contributed by atoms with Crippen molar-refractivity contribution in [2.45, 2.75) is 43.2 Å². The lowest BCUT2D eigenvalue weighted by Gasteiger charge is -2.39. The summed E-state index contributed by atoms with van der Waals surface area (Å²) in [6.45, 7) is 1.29. The first-order valence-electron chi connectivity index (χ1n) is 10.5. The van der Waals surface area contributed by atoms with Gasteiger partial charge in [-0.3, -0.25) is 0 Å². The van der Waals surface area contributed by atoms with Crippen LogP contribution < -0.4 is 0 Å². The maximum absolute atomic E-state index is 14.1. The molecule has 0 heterocycles. The standard InChI is InChI=1S/C26H21F6NO2/c1-18(19-11-5-2-6-12-19)24(17-33,34-22(25(27,28)29)20-13-7-3-8-14-20)35-23(26(30,31)32)21-15-9-4-10-16-21/h2-16,18,22-23H,1H3. The van der Waals surface area contributed by atoms with Gasteiger partial charge in [0.1, 0.15) is 6.07 Å². The fourth-order valence-electron chi connectivity index (χ4n) is 3.60. The molecular formula is C26H21F6NO2. The van der Waals surface area contributed by atoms with E-state index in [-0.39, 0.29) is 16.7 Å². The van der Waals surface area contributed by atoms with Gasteiger partial charge in [0, 0.05) is 0 Å². The first kappa shape index (κ1) is 26.3. The monoisotopic (exact) mass is 493 g/mol. The molecule has 9 heteroatoms. The summed E-state index contributed by atoms with van der Waals surface area (Å²) >= 11 is 0. The number of ether oxygens (including phenoxy) is 2. The van der Waals surface area contributed by atoms with Crippen molar-refractivity contribution in [2.24, 2.45) is 0 Å². The lowest BCUT2D eigenvalue weighted by Crippen LogP contribution is -2.46. The van der Waals surface area contributed by atoms with Gasteiger partial charge in [0.05, 0.1) is 5.92 Å². The van der Waals surface area contributed by atoms with Crippen LogP contribution in [0.25, 0.3) is 0 Å². The second-order valence-corrected chi connectivity index (χ2v) is 7.81. The Bertz CT molecular complexity index is 1050. The Labute approximate surface area is 198 Å². The first-order chi connectivity index (χ1) is 16.5. The highest BCUT2D eigenvalue weighted by Crippen LogP contribution is 2.47. The molecule has 0 bridgehead atoms. The van der Waals surface area contributed by atoms with Crippen molar-refractivity contribution in [1.82, 2.24) is 0 Å². The largest absolute Gasteiger partial charge is 0.419 e. The second kappa shape index (κ2) is 10.5. The van der Waals surface area contributed by atoms with Gasteiger partial charge in [-0.2, -0.15) is 31.6 Å². The predicted molar refractivity (Wildman–Crippen MR) is 116 cm³/mol. The summed E-state index contributed by atoms with van der Waals surface area (Å²) in [5, 5.41) is 10.1. The van der Waals surface area contributed by atoms with Crippen LogP contribution in [0, 0.1) is 11.3 Å². The van der Waals surface area contributed by atoms with Crippen LogP contribution in [0.5, 0.6) is 0 Å². The van der Waals surface area contributed by atoms with E-state index in [1.54, 1.807) is 18.2 Å². The summed E-state index contributed by atoms with van der Waals surface area (Å²) in [7, 11) is 0. The van der Waals surface area contributed by atoms with E-state index in [0.717, 1.165) is 24.3 Å². The third-order valence-corrected chi connectivity index (χ3v) is 5.41. The Morgan fingerprint density at radius 3 is 1.20 bits per heavy atom. The van der Waals surface area contributed by atoms with Gasteiger partial charge in [-0.05, 0) is 16.7 Å². The smallest absolute Gasteiger partial charge is 0.320 e. The molecule has 3 rings (SSSR count). The molecule has 0 aliphatic rings. The lowest BCUT2D eigenvalue weighted by molar-refractivity contribution is -0.348. The van der Waals surface area contributed by atoms with Crippen molar-refractivity contribution < 1.29 is 35.8 Å². The van der Waals surface area contributed by atoms with Crippen molar-refractivity contribution in [3.8, 4) is 6.07 Å². The van der Waals surface area contributed by atoms with Gasteiger partial charge < -0.3 is 9.47 Å². The number of hydrogen-bond acceptors (Lipinski definition) is 3. The second-order valence-electron chi connectivity index (χ2n) is 7.81. The zero-order chi connectivity index (χ0) is 25.7. The maximum Gasteiger partial charge on any atom is 0.419 e. The zero-order valence-corrected chi connectivity index (χ0v) is 18.4. The molecule has 0 saturated carbocycles. The van der Waals surface area contributed by atoms with E-state index in [1.807, 2.05) is 0 Å². The lowest BCUT2D eigenvalue weighted by atomic mass is 9.91. The highest BCUT2D eigenvalue weighted by atomic mass is 19.4. The molecule has 0 radical (unpaired) electrons. The van der Waals surface area contributed by atoms with Crippen molar-refractivity contribution in [3.05, 3.63) is 108 Å². The van der Waals surface area contributed by atoms with E-state index in [9.17, 15) is 31.6 Å². The van der Waals surface area contributed by atoms with Crippen LogP contribution in [0.3, 0.4) is 0 Å². The van der Waals surface area contributed by atoms with Gasteiger partial charge in [0.2, 0.25) is 0 Å². The van der Waals surface area contributed by atoms with Crippen LogP contribution in [0.4, 0.5) is 26.3 Å². The van der Waals surface area contributed by atoms with Crippen LogP contribution in [0.1, 0.15) is 41.7 Å². The van der Waals surface area contributed by atoms with Crippen LogP contribution in [-0.2, 0) is 9.47 Å². The Hall–Kier alpha value is -3.35. The average Bonchev–Trinajstić information content (AvgIpc) is 2.84. The van der Waals surface area contributed by atoms with E-state index in [4.69, 9.17) is 9.47 Å². The number of benzene rings is 3. The number of nitrogens with zero attached hydrogens (tertiary/aromatic N) is 1. The molecule has 184 valence electrons. The molecule has 0 fully saturated rings. The molecule has 3 atom stereocenters. The average molecular weight is 493 g/mol. The summed E-state index contributed by atoms with van der Waals surface area (Å²) < 4.78 is 95.3. The molecule has 3 unspecified atom stereocenters. The van der Waals surface area contributed by atoms with Gasteiger partial charge in [0.15, 0.2) is 12.2 Å². The van der Waals surface area contributed by atoms with Gasteiger partial charge in [0.25, 0.3) is 5.79 Å². The van der Waals surface area contributed by atoms with Crippen molar-refractivity contribution in [2.75, 3.05) is 0 Å². The van der Waals surface area contributed by atoms with E-state index in [0.29, 0.717) is 0 Å². The van der Waals surface area contributed by atoms with Gasteiger partial charge in [-0.1, -0.05) is 97.9 Å². The maximum atomic E-state index is 14.1. The van der Waals surface area contributed by atoms with Crippen molar-refractivity contribution >= 4 is 0 Å². The minimum atomic E-state index is -5.05. The summed E-state index contributed by atoms with van der Waals surface area (Å²) in [6.07, 6.45) is -15.5. The fourth-order valence-corrected chi connectivity index (χ4v) is 3.60. The molecule has 3 aromatic carbocycles. The molecule has 0 spiro atoms. The van der Waals surface area contributed by atoms with Crippen LogP contribution in [0.2, 0.25) is 0 Å². The molecule has 3 aromatic rings. The topological polar surface area (TPSA) is 42.2 Å². The number of alkyl halides is 6. The van der Waals surface area contributed by atoms with Crippen LogP contribution >= 0.6 is 0 Å². The molecule has 0 aliphatic carbocycles. The molecule has 0 saturated heterocycles. The SMILES string of the molecule is CC(c1ccccc1)C(C#N)(OC(c1ccccc1)C(F)(F)F)OC(c1ccccc1)C(F)(F)F. The first-order valence-corrected chi connectivity index (χ1v) is 10.5. The van der Waals surface area contributed by atoms with Crippen LogP contribution in [-0.4, -0.2) is 18.1 Å². The summed E-state index contributed by atoms with van der Waals surface area (Å²) in [5.74, 6) is -4.30. The zero-order valence-electron chi connectivity index (χ0n) is 18.4. The highest BCUT2D eigenvalue weighted by Gasteiger charge is 2.55. The third kappa shape index (κ3) is 6.21. The van der Waals surface area contributed by atoms with E-state index < -0.39 is 36.3 Å². The van der Waals surface area contributed by atoms with E-state index in [1.165, 1.54) is 61.5 Å². The molecule has 0 aromatic heterocycles. The number of hydrogen-bond donors (Lipinski definition) is 0. The molecular weight excluding hydrogens is 472 g/mol. The quantitative estimate of drug-likeness (QED) is 0.239. The Morgan fingerprint density at radius 2 is 0.914 bits per heavy atom. The number of nitriles is 1. The molecule has 35 heavy (non-hydrogen) atoms. The normalized spacial score (nSPS) is 16.5. The summed E-state index contributed by atoms with van der Waals surface area (Å²) in [5.41, 5.74) is -0.504. The summed E-state index contributed by atoms with van der Waals surface area (Å²) in [4.78, 5) is 0. The Kier molecular flexibility index (Phi) is 7.88. The molecule has 0 amide bonds. The number of rotatable bonds is 8. The molecule has 0 N–H and O–H groups in total. The fraction of sp³-hybridized carbons (Fsp3) is 0.269. The van der Waals surface area contributed by atoms with Gasteiger partial charge >= 0.3 is 12.4 Å². The third-order valence-electron chi connectivity index (χ3n) is 5.41. The highest BCUT2D eigenvalue weighted by molar-refractivity contribution is 5.27. The van der Waals surface area contributed by atoms with E-state index >= 15 is 0 Å². The Morgan fingerprint density at radius 1 is 0.600 bits per heavy atom. The van der Waals surface area contributed by atoms with Gasteiger partial charge in [-0.15, -0.1) is 0 Å². The minimum absolute atomic E-state index is 0.261. The molecule has 0 aliphatic heterocycles.